The molecule has 0 bridgehead atoms. The smallest absolute Gasteiger partial charge is 0.346 e. The van der Waals surface area contributed by atoms with Crippen molar-refractivity contribution in [3.63, 3.8) is 0 Å². The van der Waals surface area contributed by atoms with Crippen LogP contribution < -0.4 is 4.74 Å². The molecule has 0 N–H and O–H groups in total. The third-order valence-corrected chi connectivity index (χ3v) is 4.38. The van der Waals surface area contributed by atoms with Gasteiger partial charge in [0.1, 0.15) is 11.6 Å². The Balaban J connectivity index is 1.68. The SMILES string of the molecule is O=C(/C=C/c1ccc(Cl)cc1Cl)c1ccc(OC(=O)c2ccccc2F)cc1. The van der Waals surface area contributed by atoms with E-state index in [-0.39, 0.29) is 17.1 Å². The molecule has 28 heavy (non-hydrogen) atoms. The predicted molar refractivity (Wildman–Crippen MR) is 108 cm³/mol. The summed E-state index contributed by atoms with van der Waals surface area (Å²) in [5, 5.41) is 0.945. The average molecular weight is 415 g/mol. The molecule has 0 unspecified atom stereocenters. The van der Waals surface area contributed by atoms with Crippen LogP contribution in [0, 0.1) is 5.82 Å². The maximum absolute atomic E-state index is 13.6. The van der Waals surface area contributed by atoms with E-state index in [1.165, 1.54) is 48.5 Å². The van der Waals surface area contributed by atoms with Gasteiger partial charge in [0.25, 0.3) is 0 Å². The Morgan fingerprint density at radius 2 is 1.64 bits per heavy atom. The lowest BCUT2D eigenvalue weighted by Gasteiger charge is -2.05. The van der Waals surface area contributed by atoms with Crippen molar-refractivity contribution in [2.45, 2.75) is 0 Å². The summed E-state index contributed by atoms with van der Waals surface area (Å²) in [6.45, 7) is 0. The van der Waals surface area contributed by atoms with E-state index in [0.29, 0.717) is 21.2 Å². The zero-order valence-electron chi connectivity index (χ0n) is 14.4. The summed E-state index contributed by atoms with van der Waals surface area (Å²) in [5.74, 6) is -1.52. The van der Waals surface area contributed by atoms with Gasteiger partial charge in [0.05, 0.1) is 5.56 Å². The molecule has 6 heteroatoms. The number of halogens is 3. The van der Waals surface area contributed by atoms with Crippen LogP contribution in [-0.4, -0.2) is 11.8 Å². The first-order valence-corrected chi connectivity index (χ1v) is 8.94. The summed E-state index contributed by atoms with van der Waals surface area (Å²) < 4.78 is 18.8. The quantitative estimate of drug-likeness (QED) is 0.214. The number of ketones is 1. The molecule has 0 heterocycles. The lowest BCUT2D eigenvalue weighted by molar-refractivity contribution is 0.0730. The van der Waals surface area contributed by atoms with Crippen LogP contribution in [-0.2, 0) is 0 Å². The molecule has 3 aromatic rings. The number of allylic oxidation sites excluding steroid dienone is 1. The second kappa shape index (κ2) is 8.83. The van der Waals surface area contributed by atoms with Crippen molar-refractivity contribution < 1.29 is 18.7 Å². The molecule has 0 aliphatic carbocycles. The van der Waals surface area contributed by atoms with Crippen LogP contribution >= 0.6 is 23.2 Å². The van der Waals surface area contributed by atoms with Gasteiger partial charge in [-0.2, -0.15) is 0 Å². The van der Waals surface area contributed by atoms with Gasteiger partial charge in [-0.25, -0.2) is 9.18 Å². The van der Waals surface area contributed by atoms with Crippen LogP contribution in [0.1, 0.15) is 26.3 Å². The van der Waals surface area contributed by atoms with Crippen molar-refractivity contribution in [3.05, 3.63) is 105 Å². The summed E-state index contributed by atoms with van der Waals surface area (Å²) in [7, 11) is 0. The third kappa shape index (κ3) is 4.85. The largest absolute Gasteiger partial charge is 0.423 e. The van der Waals surface area contributed by atoms with Crippen LogP contribution in [0.4, 0.5) is 4.39 Å². The number of ether oxygens (including phenoxy) is 1. The molecule has 0 aliphatic rings. The molecule has 0 spiro atoms. The molecule has 0 saturated carbocycles. The molecule has 0 aliphatic heterocycles. The second-order valence-corrected chi connectivity index (χ2v) is 6.60. The van der Waals surface area contributed by atoms with E-state index in [2.05, 4.69) is 0 Å². The Morgan fingerprint density at radius 1 is 0.929 bits per heavy atom. The molecular weight excluding hydrogens is 402 g/mol. The van der Waals surface area contributed by atoms with E-state index in [1.807, 2.05) is 0 Å². The molecule has 0 aromatic heterocycles. The van der Waals surface area contributed by atoms with Crippen LogP contribution in [0.15, 0.2) is 72.8 Å². The summed E-state index contributed by atoms with van der Waals surface area (Å²) in [6, 6.07) is 16.5. The maximum Gasteiger partial charge on any atom is 0.346 e. The van der Waals surface area contributed by atoms with Crippen molar-refractivity contribution in [2.24, 2.45) is 0 Å². The van der Waals surface area contributed by atoms with E-state index in [4.69, 9.17) is 27.9 Å². The monoisotopic (exact) mass is 414 g/mol. The minimum atomic E-state index is -0.811. The fourth-order valence-corrected chi connectivity index (χ4v) is 2.85. The van der Waals surface area contributed by atoms with Crippen LogP contribution in [0.2, 0.25) is 10.0 Å². The van der Waals surface area contributed by atoms with E-state index in [9.17, 15) is 14.0 Å². The van der Waals surface area contributed by atoms with Crippen molar-refractivity contribution in [3.8, 4) is 5.75 Å². The maximum atomic E-state index is 13.6. The molecule has 3 nitrogen and oxygen atoms in total. The lowest BCUT2D eigenvalue weighted by Crippen LogP contribution is -2.10. The fourth-order valence-electron chi connectivity index (χ4n) is 2.37. The standard InChI is InChI=1S/C22H13Cl2FO3/c23-16-9-5-14(19(24)13-16)8-12-21(26)15-6-10-17(11-7-15)28-22(27)18-3-1-2-4-20(18)25/h1-13H/b12-8+. The number of hydrogen-bond donors (Lipinski definition) is 0. The van der Waals surface area contributed by atoms with Gasteiger partial charge in [-0.15, -0.1) is 0 Å². The number of carbonyl (C=O) groups excluding carboxylic acids is 2. The van der Waals surface area contributed by atoms with Crippen LogP contribution in [0.25, 0.3) is 6.08 Å². The van der Waals surface area contributed by atoms with Crippen LogP contribution in [0.5, 0.6) is 5.75 Å². The van der Waals surface area contributed by atoms with E-state index in [0.717, 1.165) is 0 Å². The van der Waals surface area contributed by atoms with E-state index in [1.54, 1.807) is 30.3 Å². The summed E-state index contributed by atoms with van der Waals surface area (Å²) in [6.07, 6.45) is 2.97. The van der Waals surface area contributed by atoms with Crippen molar-refractivity contribution in [1.29, 1.82) is 0 Å². The zero-order chi connectivity index (χ0) is 20.1. The number of hydrogen-bond acceptors (Lipinski definition) is 3. The van der Waals surface area contributed by atoms with Gasteiger partial charge in [0, 0.05) is 15.6 Å². The molecule has 3 rings (SSSR count). The van der Waals surface area contributed by atoms with E-state index < -0.39 is 11.8 Å². The average Bonchev–Trinajstić information content (AvgIpc) is 2.68. The zero-order valence-corrected chi connectivity index (χ0v) is 15.9. The Labute approximate surface area is 171 Å². The Kier molecular flexibility index (Phi) is 6.24. The highest BCUT2D eigenvalue weighted by molar-refractivity contribution is 6.35. The van der Waals surface area contributed by atoms with Gasteiger partial charge in [-0.3, -0.25) is 4.79 Å². The second-order valence-electron chi connectivity index (χ2n) is 5.76. The molecular formula is C22H13Cl2FO3. The van der Waals surface area contributed by atoms with Gasteiger partial charge < -0.3 is 4.74 Å². The van der Waals surface area contributed by atoms with Crippen molar-refractivity contribution >= 4 is 41.0 Å². The molecule has 0 fully saturated rings. The third-order valence-electron chi connectivity index (χ3n) is 3.82. The minimum Gasteiger partial charge on any atom is -0.423 e. The number of rotatable bonds is 5. The van der Waals surface area contributed by atoms with Gasteiger partial charge in [0.2, 0.25) is 0 Å². The van der Waals surface area contributed by atoms with Gasteiger partial charge >= 0.3 is 5.97 Å². The van der Waals surface area contributed by atoms with Gasteiger partial charge in [-0.1, -0.05) is 41.4 Å². The predicted octanol–water partition coefficient (Wildman–Crippen LogP) is 6.25. The van der Waals surface area contributed by atoms with Crippen molar-refractivity contribution in [1.82, 2.24) is 0 Å². The summed E-state index contributed by atoms with van der Waals surface area (Å²) >= 11 is 11.9. The molecule has 140 valence electrons. The molecule has 0 amide bonds. The molecule has 0 radical (unpaired) electrons. The lowest BCUT2D eigenvalue weighted by atomic mass is 10.1. The van der Waals surface area contributed by atoms with E-state index >= 15 is 0 Å². The van der Waals surface area contributed by atoms with Gasteiger partial charge in [-0.05, 0) is 66.2 Å². The highest BCUT2D eigenvalue weighted by Gasteiger charge is 2.13. The highest BCUT2D eigenvalue weighted by atomic mass is 35.5. The normalized spacial score (nSPS) is 10.8. The minimum absolute atomic E-state index is 0.162. The summed E-state index contributed by atoms with van der Waals surface area (Å²) in [4.78, 5) is 24.3. The summed E-state index contributed by atoms with van der Waals surface area (Å²) in [5.41, 5.74) is 0.896. The van der Waals surface area contributed by atoms with Crippen molar-refractivity contribution in [2.75, 3.05) is 0 Å². The Bertz CT molecular complexity index is 1060. The number of benzene rings is 3. The molecule has 3 aromatic carbocycles. The topological polar surface area (TPSA) is 43.4 Å². The first kappa shape index (κ1) is 19.8. The Hall–Kier alpha value is -2.95. The molecule has 0 atom stereocenters. The first-order valence-electron chi connectivity index (χ1n) is 8.18. The highest BCUT2D eigenvalue weighted by Crippen LogP contribution is 2.22. The van der Waals surface area contributed by atoms with Crippen LogP contribution in [0.3, 0.4) is 0 Å². The Morgan fingerprint density at radius 3 is 2.32 bits per heavy atom. The number of esters is 1. The first-order chi connectivity index (χ1) is 13.4. The number of carbonyl (C=O) groups is 2. The fraction of sp³-hybridized carbons (Fsp3) is 0. The molecule has 0 saturated heterocycles. The van der Waals surface area contributed by atoms with Gasteiger partial charge in [0.15, 0.2) is 5.78 Å².